The Morgan fingerprint density at radius 3 is 2.72 bits per heavy atom. The first kappa shape index (κ1) is 22.2. The predicted octanol–water partition coefficient (Wildman–Crippen LogP) is 6.39. The van der Waals surface area contributed by atoms with E-state index in [2.05, 4.69) is 59.8 Å². The van der Waals surface area contributed by atoms with Crippen molar-refractivity contribution in [1.29, 1.82) is 0 Å². The number of nitrogens with two attached hydrogens (primary N) is 1. The van der Waals surface area contributed by atoms with Crippen LogP contribution in [0.25, 0.3) is 0 Å². The zero-order chi connectivity index (χ0) is 21.2. The van der Waals surface area contributed by atoms with Crippen LogP contribution < -0.4 is 15.2 Å². The van der Waals surface area contributed by atoms with E-state index in [4.69, 9.17) is 15.2 Å². The Kier molecular flexibility index (Phi) is 6.98. The third-order valence-corrected chi connectivity index (χ3v) is 6.56. The van der Waals surface area contributed by atoms with E-state index >= 15 is 0 Å². The molecule has 0 bridgehead atoms. The predicted molar refractivity (Wildman–Crippen MR) is 122 cm³/mol. The van der Waals surface area contributed by atoms with E-state index < -0.39 is 0 Å². The lowest BCUT2D eigenvalue weighted by Gasteiger charge is -2.46. The quantitative estimate of drug-likeness (QED) is 0.515. The van der Waals surface area contributed by atoms with Gasteiger partial charge in [0.05, 0.1) is 0 Å². The lowest BCUT2D eigenvalue weighted by atomic mass is 9.68. The van der Waals surface area contributed by atoms with Crippen LogP contribution in [0.15, 0.2) is 23.8 Å². The van der Waals surface area contributed by atoms with Crippen LogP contribution >= 0.6 is 0 Å². The third-order valence-electron chi connectivity index (χ3n) is 6.56. The molecule has 3 nitrogen and oxygen atoms in total. The zero-order valence-electron chi connectivity index (χ0n) is 19.4. The number of benzene rings is 1. The minimum Gasteiger partial charge on any atom is -0.492 e. The zero-order valence-corrected chi connectivity index (χ0v) is 19.4. The summed E-state index contributed by atoms with van der Waals surface area (Å²) in [5.41, 5.74) is 10.2. The van der Waals surface area contributed by atoms with Crippen molar-refractivity contribution in [3.05, 3.63) is 34.9 Å². The van der Waals surface area contributed by atoms with Gasteiger partial charge in [-0.3, -0.25) is 0 Å². The molecule has 3 rings (SSSR count). The fourth-order valence-electron chi connectivity index (χ4n) is 5.08. The number of allylic oxidation sites excluding steroid dienone is 2. The molecule has 29 heavy (non-hydrogen) atoms. The fourth-order valence-corrected chi connectivity index (χ4v) is 5.08. The lowest BCUT2D eigenvalue weighted by Crippen LogP contribution is -2.45. The molecule has 0 saturated heterocycles. The normalized spacial score (nSPS) is 23.7. The molecule has 1 aliphatic carbocycles. The summed E-state index contributed by atoms with van der Waals surface area (Å²) in [5.74, 6) is 3.43. The molecule has 0 fully saturated rings. The number of ether oxygens (including phenoxy) is 2. The van der Waals surface area contributed by atoms with E-state index in [1.165, 1.54) is 36.0 Å². The molecule has 2 unspecified atom stereocenters. The van der Waals surface area contributed by atoms with Crippen LogP contribution in [0.1, 0.15) is 90.7 Å². The Hall–Kier alpha value is -1.48. The van der Waals surface area contributed by atoms with Crippen molar-refractivity contribution in [3.8, 4) is 11.5 Å². The van der Waals surface area contributed by atoms with E-state index in [9.17, 15) is 0 Å². The highest BCUT2D eigenvalue weighted by atomic mass is 16.5. The maximum Gasteiger partial charge on any atom is 0.127 e. The van der Waals surface area contributed by atoms with E-state index in [1.54, 1.807) is 0 Å². The van der Waals surface area contributed by atoms with Gasteiger partial charge in [-0.15, -0.1) is 0 Å². The summed E-state index contributed by atoms with van der Waals surface area (Å²) in [5, 5.41) is 0. The number of fused-ring (bicyclic) bond motifs is 3. The molecule has 0 amide bonds. The van der Waals surface area contributed by atoms with Crippen LogP contribution in [0.5, 0.6) is 11.5 Å². The van der Waals surface area contributed by atoms with Crippen LogP contribution in [-0.4, -0.2) is 18.2 Å². The molecule has 3 heteroatoms. The van der Waals surface area contributed by atoms with Gasteiger partial charge in [0.25, 0.3) is 0 Å². The maximum atomic E-state index is 6.62. The number of aryl methyl sites for hydroxylation is 1. The van der Waals surface area contributed by atoms with Crippen LogP contribution in [0, 0.1) is 11.8 Å². The van der Waals surface area contributed by atoms with Gasteiger partial charge in [-0.25, -0.2) is 0 Å². The molecule has 0 spiro atoms. The van der Waals surface area contributed by atoms with Crippen LogP contribution in [0.3, 0.4) is 0 Å². The first-order chi connectivity index (χ1) is 13.7. The Bertz CT molecular complexity index is 734. The minimum atomic E-state index is -0.163. The highest BCUT2D eigenvalue weighted by Crippen LogP contribution is 2.53. The van der Waals surface area contributed by atoms with Gasteiger partial charge in [0.2, 0.25) is 0 Å². The van der Waals surface area contributed by atoms with Crippen molar-refractivity contribution in [2.24, 2.45) is 17.6 Å². The lowest BCUT2D eigenvalue weighted by molar-refractivity contribution is 0.0104. The second-order valence-electron chi connectivity index (χ2n) is 10.2. The molecule has 0 aromatic heterocycles. The minimum absolute atomic E-state index is 0.0605. The van der Waals surface area contributed by atoms with Crippen molar-refractivity contribution in [2.45, 2.75) is 97.6 Å². The van der Waals surface area contributed by atoms with E-state index in [0.717, 1.165) is 30.8 Å². The largest absolute Gasteiger partial charge is 0.492 e. The molecular formula is C26H41NO2. The third kappa shape index (κ3) is 5.17. The molecular weight excluding hydrogens is 358 g/mol. The Morgan fingerprint density at radius 1 is 1.28 bits per heavy atom. The molecule has 0 saturated carbocycles. The number of unbranched alkanes of at least 4 members (excludes halogenated alkanes) is 1. The first-order valence-electron chi connectivity index (χ1n) is 11.6. The molecule has 1 heterocycles. The van der Waals surface area contributed by atoms with Gasteiger partial charge < -0.3 is 15.2 Å². The van der Waals surface area contributed by atoms with Crippen LogP contribution in [-0.2, 0) is 6.42 Å². The molecule has 0 radical (unpaired) electrons. The Morgan fingerprint density at radius 2 is 2.03 bits per heavy atom. The fraction of sp³-hybridized carbons (Fsp3) is 0.692. The van der Waals surface area contributed by atoms with Crippen molar-refractivity contribution in [2.75, 3.05) is 6.61 Å². The van der Waals surface area contributed by atoms with Gasteiger partial charge >= 0.3 is 0 Å². The summed E-state index contributed by atoms with van der Waals surface area (Å²) in [7, 11) is 0. The summed E-state index contributed by atoms with van der Waals surface area (Å²) in [4.78, 5) is 0. The summed E-state index contributed by atoms with van der Waals surface area (Å²) in [6.45, 7) is 14.0. The van der Waals surface area contributed by atoms with Gasteiger partial charge in [-0.2, -0.15) is 0 Å². The van der Waals surface area contributed by atoms with Crippen molar-refractivity contribution < 1.29 is 9.47 Å². The summed E-state index contributed by atoms with van der Waals surface area (Å²) in [6.07, 6.45) is 9.20. The number of hydrogen-bond donors (Lipinski definition) is 1. The average Bonchev–Trinajstić information content (AvgIpc) is 2.62. The highest BCUT2D eigenvalue weighted by Gasteiger charge is 2.45. The van der Waals surface area contributed by atoms with Crippen LogP contribution in [0.2, 0.25) is 0 Å². The summed E-state index contributed by atoms with van der Waals surface area (Å²) in [6, 6.07) is 4.58. The van der Waals surface area contributed by atoms with Gasteiger partial charge in [-0.1, -0.05) is 38.8 Å². The van der Waals surface area contributed by atoms with E-state index in [1.807, 2.05) is 0 Å². The molecule has 2 N–H and O–H groups in total. The second kappa shape index (κ2) is 9.12. The summed E-state index contributed by atoms with van der Waals surface area (Å²) >= 11 is 0. The Balaban J connectivity index is 1.99. The molecule has 2 aliphatic rings. The van der Waals surface area contributed by atoms with Gasteiger partial charge in [0.15, 0.2) is 0 Å². The van der Waals surface area contributed by atoms with E-state index in [0.29, 0.717) is 24.4 Å². The molecule has 1 aromatic carbocycles. The average molecular weight is 400 g/mol. The maximum absolute atomic E-state index is 6.62. The molecule has 1 aromatic rings. The summed E-state index contributed by atoms with van der Waals surface area (Å²) < 4.78 is 13.0. The van der Waals surface area contributed by atoms with E-state index in [-0.39, 0.29) is 11.6 Å². The molecule has 162 valence electrons. The topological polar surface area (TPSA) is 44.5 Å². The number of rotatable bonds is 8. The molecule has 3 atom stereocenters. The monoisotopic (exact) mass is 399 g/mol. The van der Waals surface area contributed by atoms with Crippen molar-refractivity contribution >= 4 is 0 Å². The van der Waals surface area contributed by atoms with Crippen molar-refractivity contribution in [3.63, 3.8) is 0 Å². The first-order valence-corrected chi connectivity index (χ1v) is 11.6. The van der Waals surface area contributed by atoms with Gasteiger partial charge in [-0.05, 0) is 76.5 Å². The smallest absolute Gasteiger partial charge is 0.127 e. The SMILES string of the molecule is CCCCc1cc(OC[C@@H](N)CC(C)C)c2c(c1)OC(C)(C)C1CCC(C)=CC21. The number of hydrogen-bond acceptors (Lipinski definition) is 3. The van der Waals surface area contributed by atoms with Crippen molar-refractivity contribution in [1.82, 2.24) is 0 Å². The van der Waals surface area contributed by atoms with Crippen LogP contribution in [0.4, 0.5) is 0 Å². The van der Waals surface area contributed by atoms with Gasteiger partial charge in [0, 0.05) is 23.4 Å². The highest BCUT2D eigenvalue weighted by molar-refractivity contribution is 5.54. The van der Waals surface area contributed by atoms with Gasteiger partial charge in [0.1, 0.15) is 23.7 Å². The second-order valence-corrected chi connectivity index (χ2v) is 10.2. The Labute approximate surface area is 178 Å². The standard InChI is InChI=1S/C26H41NO2/c1-7-8-9-19-14-23(28-16-20(27)12-17(2)3)25-21-13-18(4)10-11-22(21)26(5,6)29-24(25)15-19/h13-15,17,20-22H,7-12,16,27H2,1-6H3/t20-,21?,22?/m0/s1. The molecule has 1 aliphatic heterocycles.